The summed E-state index contributed by atoms with van der Waals surface area (Å²) in [7, 11) is 2.23. The quantitative estimate of drug-likeness (QED) is 0.813. The molecule has 1 atom stereocenters. The Morgan fingerprint density at radius 3 is 2.54 bits per heavy atom. The zero-order chi connectivity index (χ0) is 16.8. The first-order chi connectivity index (χ1) is 11.6. The second-order valence-electron chi connectivity index (χ2n) is 7.57. The molecule has 0 spiro atoms. The Hall–Kier alpha value is -1.33. The van der Waals surface area contributed by atoms with Gasteiger partial charge >= 0.3 is 146 Å². The van der Waals surface area contributed by atoms with Crippen molar-refractivity contribution >= 4 is 30.2 Å². The summed E-state index contributed by atoms with van der Waals surface area (Å²) >= 11 is 0. The summed E-state index contributed by atoms with van der Waals surface area (Å²) in [5.41, 5.74) is 8.52. The van der Waals surface area contributed by atoms with Gasteiger partial charge < -0.3 is 0 Å². The molecule has 0 radical (unpaired) electrons. The Morgan fingerprint density at radius 2 is 1.83 bits per heavy atom. The molecule has 1 unspecified atom stereocenters. The van der Waals surface area contributed by atoms with E-state index in [0.29, 0.717) is 6.17 Å². The standard InChI is InChI=1S/C19H29BN4/c1-13-15-6-5-7-24-16(23-10-8-22(4)9-11-23)12-21-18(19(15)24)14(2)17(13)20-3/h16,21H,3,5-12H2,1-2,4H3. The Bertz CT molecular complexity index is 641. The zero-order valence-corrected chi connectivity index (χ0v) is 15.4. The summed E-state index contributed by atoms with van der Waals surface area (Å²) in [4.78, 5) is 7.81. The number of nitrogens with one attached hydrogen (secondary N) is 1. The van der Waals surface area contributed by atoms with Crippen LogP contribution < -0.4 is 15.7 Å². The van der Waals surface area contributed by atoms with Gasteiger partial charge in [-0.25, -0.2) is 0 Å². The molecule has 3 heterocycles. The molecule has 24 heavy (non-hydrogen) atoms. The van der Waals surface area contributed by atoms with Crippen LogP contribution in [-0.4, -0.2) is 75.7 Å². The molecule has 5 heteroatoms. The van der Waals surface area contributed by atoms with Crippen LogP contribution in [-0.2, 0) is 6.42 Å². The number of benzene rings is 1. The van der Waals surface area contributed by atoms with Gasteiger partial charge in [0.05, 0.1) is 0 Å². The predicted molar refractivity (Wildman–Crippen MR) is 105 cm³/mol. The van der Waals surface area contributed by atoms with Crippen molar-refractivity contribution in [1.82, 2.24) is 9.80 Å². The van der Waals surface area contributed by atoms with Crippen LogP contribution in [0.1, 0.15) is 23.1 Å². The summed E-state index contributed by atoms with van der Waals surface area (Å²) in [6, 6.07) is 0. The first-order valence-electron chi connectivity index (χ1n) is 9.33. The summed E-state index contributed by atoms with van der Waals surface area (Å²) in [5.74, 6) is 0. The third-order valence-corrected chi connectivity index (χ3v) is 6.26. The summed E-state index contributed by atoms with van der Waals surface area (Å²) in [5, 5.41) is 3.79. The van der Waals surface area contributed by atoms with Crippen molar-refractivity contribution in [3.63, 3.8) is 0 Å². The number of nitrogens with zero attached hydrogens (tertiary/aromatic N) is 3. The molecule has 4 rings (SSSR count). The normalized spacial score (nSPS) is 24.3. The van der Waals surface area contributed by atoms with E-state index >= 15 is 0 Å². The van der Waals surface area contributed by atoms with Crippen molar-refractivity contribution in [3.8, 4) is 0 Å². The molecule has 0 aliphatic carbocycles. The maximum atomic E-state index is 4.06. The Balaban J connectivity index is 1.75. The average molecular weight is 324 g/mol. The molecule has 128 valence electrons. The second kappa shape index (κ2) is 6.19. The monoisotopic (exact) mass is 324 g/mol. The van der Waals surface area contributed by atoms with E-state index in [0.717, 1.165) is 6.54 Å². The summed E-state index contributed by atoms with van der Waals surface area (Å²) < 4.78 is 0. The van der Waals surface area contributed by atoms with Gasteiger partial charge in [-0.3, -0.25) is 0 Å². The van der Waals surface area contributed by atoms with Gasteiger partial charge in [0.1, 0.15) is 0 Å². The summed E-state index contributed by atoms with van der Waals surface area (Å²) in [6.07, 6.45) is 2.96. The zero-order valence-electron chi connectivity index (χ0n) is 15.4. The number of likely N-dealkylation sites (N-methyl/N-ethyl adjacent to an activating group) is 1. The predicted octanol–water partition coefficient (Wildman–Crippen LogP) is 0.817. The van der Waals surface area contributed by atoms with E-state index in [4.69, 9.17) is 0 Å². The minimum absolute atomic E-state index is 0.499. The number of hydrogen-bond acceptors (Lipinski definition) is 4. The van der Waals surface area contributed by atoms with Crippen LogP contribution in [0.2, 0.25) is 0 Å². The Labute approximate surface area is 146 Å². The molecular weight excluding hydrogens is 295 g/mol. The fraction of sp³-hybridized carbons (Fsp3) is 0.632. The van der Waals surface area contributed by atoms with Crippen molar-refractivity contribution in [3.05, 3.63) is 16.7 Å². The Kier molecular flexibility index (Phi) is 4.17. The first kappa shape index (κ1) is 16.2. The molecule has 3 aliphatic heterocycles. The van der Waals surface area contributed by atoms with E-state index in [1.807, 2.05) is 6.92 Å². The van der Waals surface area contributed by atoms with Crippen LogP contribution >= 0.6 is 0 Å². The first-order valence-corrected chi connectivity index (χ1v) is 9.33. The molecule has 1 aromatic carbocycles. The molecule has 0 aromatic heterocycles. The van der Waals surface area contributed by atoms with Gasteiger partial charge in [0, 0.05) is 0 Å². The third kappa shape index (κ3) is 2.41. The SMILES string of the molecule is C=Bc1c(C)c2c3c(c1C)NCC(N1CCN(C)CC1)N3CCC2. The van der Waals surface area contributed by atoms with Crippen molar-refractivity contribution in [1.29, 1.82) is 0 Å². The van der Waals surface area contributed by atoms with Gasteiger partial charge in [-0.2, -0.15) is 0 Å². The average Bonchev–Trinajstić information content (AvgIpc) is 2.60. The van der Waals surface area contributed by atoms with Gasteiger partial charge in [-0.05, 0) is 0 Å². The molecular formula is C19H29BN4. The fourth-order valence-corrected chi connectivity index (χ4v) is 4.82. The number of piperazine rings is 1. The van der Waals surface area contributed by atoms with E-state index in [9.17, 15) is 0 Å². The van der Waals surface area contributed by atoms with Gasteiger partial charge in [0.15, 0.2) is 0 Å². The molecule has 0 saturated carbocycles. The second-order valence-corrected chi connectivity index (χ2v) is 7.57. The summed E-state index contributed by atoms with van der Waals surface area (Å²) in [6.45, 7) is 17.5. The van der Waals surface area contributed by atoms with Gasteiger partial charge in [0.2, 0.25) is 0 Å². The van der Waals surface area contributed by atoms with Gasteiger partial charge in [-0.15, -0.1) is 0 Å². The van der Waals surface area contributed by atoms with Gasteiger partial charge in [-0.1, -0.05) is 0 Å². The van der Waals surface area contributed by atoms with Crippen LogP contribution in [0.4, 0.5) is 11.4 Å². The van der Waals surface area contributed by atoms with E-state index in [-0.39, 0.29) is 0 Å². The number of hydrogen-bond donors (Lipinski definition) is 1. The molecule has 1 N–H and O–H groups in total. The van der Waals surface area contributed by atoms with Crippen LogP contribution in [0.5, 0.6) is 0 Å². The molecule has 4 nitrogen and oxygen atoms in total. The van der Waals surface area contributed by atoms with E-state index in [1.54, 1.807) is 5.56 Å². The molecule has 1 saturated heterocycles. The van der Waals surface area contributed by atoms with Crippen molar-refractivity contribution < 1.29 is 0 Å². The number of rotatable bonds is 2. The maximum absolute atomic E-state index is 4.06. The molecule has 0 bridgehead atoms. The van der Waals surface area contributed by atoms with Crippen LogP contribution in [0.3, 0.4) is 0 Å². The topological polar surface area (TPSA) is 21.8 Å². The minimum atomic E-state index is 0.499. The van der Waals surface area contributed by atoms with Crippen molar-refractivity contribution in [2.75, 3.05) is 56.5 Å². The van der Waals surface area contributed by atoms with Crippen molar-refractivity contribution in [2.24, 2.45) is 0 Å². The van der Waals surface area contributed by atoms with Crippen molar-refractivity contribution in [2.45, 2.75) is 32.9 Å². The molecule has 3 aliphatic rings. The Morgan fingerprint density at radius 1 is 1.08 bits per heavy atom. The fourth-order valence-electron chi connectivity index (χ4n) is 4.82. The molecule has 0 amide bonds. The van der Waals surface area contributed by atoms with Crippen LogP contribution in [0.25, 0.3) is 0 Å². The van der Waals surface area contributed by atoms with E-state index in [2.05, 4.69) is 47.4 Å². The van der Waals surface area contributed by atoms with E-state index in [1.165, 1.54) is 73.5 Å². The van der Waals surface area contributed by atoms with E-state index < -0.39 is 0 Å². The van der Waals surface area contributed by atoms with Crippen LogP contribution in [0, 0.1) is 13.8 Å². The molecule has 1 aromatic rings. The molecule has 1 fully saturated rings. The number of anilines is 2. The van der Waals surface area contributed by atoms with Gasteiger partial charge in [0.25, 0.3) is 0 Å². The van der Waals surface area contributed by atoms with Crippen LogP contribution in [0.15, 0.2) is 0 Å². The third-order valence-electron chi connectivity index (χ3n) is 6.26.